The molecular formula is C15H19N3O3S. The number of esters is 1. The lowest BCUT2D eigenvalue weighted by Crippen LogP contribution is -2.47. The molecule has 3 rings (SSSR count). The number of carbonyl (C=O) groups excluding carboxylic acids is 1. The van der Waals surface area contributed by atoms with E-state index in [0.717, 1.165) is 21.9 Å². The number of nitrogens with zero attached hydrogens (tertiary/aromatic N) is 3. The average molecular weight is 321 g/mol. The van der Waals surface area contributed by atoms with Crippen LogP contribution in [0.2, 0.25) is 0 Å². The zero-order chi connectivity index (χ0) is 15.5. The second kappa shape index (κ2) is 6.58. The first-order valence-electron chi connectivity index (χ1n) is 7.41. The Morgan fingerprint density at radius 3 is 3.23 bits per heavy atom. The van der Waals surface area contributed by atoms with Gasteiger partial charge in [0.25, 0.3) is 0 Å². The van der Waals surface area contributed by atoms with Crippen LogP contribution in [0.1, 0.15) is 19.2 Å². The van der Waals surface area contributed by atoms with Crippen molar-refractivity contribution in [2.75, 3.05) is 31.3 Å². The van der Waals surface area contributed by atoms with Crippen LogP contribution in [0.3, 0.4) is 0 Å². The molecule has 1 unspecified atom stereocenters. The molecule has 2 aromatic rings. The Bertz CT molecular complexity index is 673. The van der Waals surface area contributed by atoms with Gasteiger partial charge in [-0.05, 0) is 25.3 Å². The molecule has 1 aliphatic heterocycles. The number of fused-ring (bicyclic) bond motifs is 1. The summed E-state index contributed by atoms with van der Waals surface area (Å²) in [6.45, 7) is 5.96. The number of hydrogen-bond donors (Lipinski definition) is 0. The molecule has 0 aromatic carbocycles. The van der Waals surface area contributed by atoms with Crippen LogP contribution in [-0.4, -0.2) is 48.3 Å². The summed E-state index contributed by atoms with van der Waals surface area (Å²) in [4.78, 5) is 24.0. The van der Waals surface area contributed by atoms with Gasteiger partial charge < -0.3 is 14.4 Å². The molecule has 6 nitrogen and oxygen atoms in total. The van der Waals surface area contributed by atoms with Crippen molar-refractivity contribution >= 4 is 33.3 Å². The Labute approximate surface area is 133 Å². The first-order chi connectivity index (χ1) is 10.7. The van der Waals surface area contributed by atoms with Crippen LogP contribution >= 0.6 is 11.3 Å². The van der Waals surface area contributed by atoms with Crippen molar-refractivity contribution in [3.05, 3.63) is 17.3 Å². The summed E-state index contributed by atoms with van der Waals surface area (Å²) in [6.07, 6.45) is 0.308. The van der Waals surface area contributed by atoms with E-state index in [9.17, 15) is 4.79 Å². The van der Waals surface area contributed by atoms with Gasteiger partial charge in [-0.2, -0.15) is 0 Å². The Kier molecular flexibility index (Phi) is 4.54. The quantitative estimate of drug-likeness (QED) is 0.804. The van der Waals surface area contributed by atoms with E-state index in [2.05, 4.69) is 14.9 Å². The molecule has 1 saturated heterocycles. The molecule has 0 spiro atoms. The predicted octanol–water partition coefficient (Wildman–Crippen LogP) is 2.16. The van der Waals surface area contributed by atoms with Gasteiger partial charge in [-0.15, -0.1) is 11.3 Å². The third-order valence-electron chi connectivity index (χ3n) is 3.62. The number of hydrogen-bond acceptors (Lipinski definition) is 7. The maximum absolute atomic E-state index is 11.8. The topological polar surface area (TPSA) is 64.6 Å². The standard InChI is InChI=1S/C15H19N3O3S/c1-3-21-13(19)8-11-9-20-6-5-18(11)14-12-4-7-22-15(12)17-10(2)16-14/h4,7,11H,3,5-6,8-9H2,1-2H3. The minimum atomic E-state index is -0.199. The molecule has 1 aliphatic rings. The van der Waals surface area contributed by atoms with Crippen molar-refractivity contribution in [2.24, 2.45) is 0 Å². The number of anilines is 1. The lowest BCUT2D eigenvalue weighted by Gasteiger charge is -2.36. The van der Waals surface area contributed by atoms with Gasteiger partial charge in [0.2, 0.25) is 0 Å². The molecule has 22 heavy (non-hydrogen) atoms. The fraction of sp³-hybridized carbons (Fsp3) is 0.533. The van der Waals surface area contributed by atoms with Gasteiger partial charge >= 0.3 is 5.97 Å². The number of thiophene rings is 1. The number of rotatable bonds is 4. The van der Waals surface area contributed by atoms with Gasteiger partial charge in [0, 0.05) is 6.54 Å². The van der Waals surface area contributed by atoms with Gasteiger partial charge in [-0.1, -0.05) is 0 Å². The van der Waals surface area contributed by atoms with Crippen LogP contribution < -0.4 is 4.90 Å². The van der Waals surface area contributed by atoms with Crippen molar-refractivity contribution in [1.29, 1.82) is 0 Å². The highest BCUT2D eigenvalue weighted by Gasteiger charge is 2.28. The highest BCUT2D eigenvalue weighted by molar-refractivity contribution is 7.16. The molecule has 3 heterocycles. The summed E-state index contributed by atoms with van der Waals surface area (Å²) in [5, 5.41) is 3.05. The maximum atomic E-state index is 11.8. The highest BCUT2D eigenvalue weighted by atomic mass is 32.1. The van der Waals surface area contributed by atoms with Gasteiger partial charge in [0.05, 0.1) is 37.7 Å². The molecule has 2 aromatic heterocycles. The number of morpholine rings is 1. The largest absolute Gasteiger partial charge is 0.466 e. The van der Waals surface area contributed by atoms with Crippen molar-refractivity contribution in [3.8, 4) is 0 Å². The summed E-state index contributed by atoms with van der Waals surface area (Å²) < 4.78 is 10.6. The first-order valence-corrected chi connectivity index (χ1v) is 8.29. The van der Waals surface area contributed by atoms with Crippen LogP contribution in [0.15, 0.2) is 11.4 Å². The van der Waals surface area contributed by atoms with Crippen LogP contribution in [0.4, 0.5) is 5.82 Å². The smallest absolute Gasteiger partial charge is 0.307 e. The Morgan fingerprint density at radius 2 is 2.41 bits per heavy atom. The van der Waals surface area contributed by atoms with Crippen molar-refractivity contribution in [1.82, 2.24) is 9.97 Å². The van der Waals surface area contributed by atoms with E-state index in [4.69, 9.17) is 9.47 Å². The number of aryl methyl sites for hydroxylation is 1. The van der Waals surface area contributed by atoms with E-state index in [-0.39, 0.29) is 12.0 Å². The number of aromatic nitrogens is 2. The molecule has 1 fully saturated rings. The fourth-order valence-electron chi connectivity index (χ4n) is 2.68. The van der Waals surface area contributed by atoms with Crippen LogP contribution in [0.25, 0.3) is 10.2 Å². The van der Waals surface area contributed by atoms with Crippen LogP contribution in [0.5, 0.6) is 0 Å². The van der Waals surface area contributed by atoms with E-state index >= 15 is 0 Å². The summed E-state index contributed by atoms with van der Waals surface area (Å²) in [7, 11) is 0. The maximum Gasteiger partial charge on any atom is 0.307 e. The van der Waals surface area contributed by atoms with Crippen molar-refractivity contribution in [3.63, 3.8) is 0 Å². The average Bonchev–Trinajstić information content (AvgIpc) is 2.95. The van der Waals surface area contributed by atoms with Crippen molar-refractivity contribution in [2.45, 2.75) is 26.3 Å². The van der Waals surface area contributed by atoms with Gasteiger partial charge in [0.15, 0.2) is 0 Å². The molecular weight excluding hydrogens is 302 g/mol. The van der Waals surface area contributed by atoms with E-state index in [1.807, 2.05) is 25.3 Å². The molecule has 0 aliphatic carbocycles. The normalized spacial score (nSPS) is 18.6. The second-order valence-corrected chi connectivity index (χ2v) is 6.06. The molecule has 0 saturated carbocycles. The molecule has 118 valence electrons. The second-order valence-electron chi connectivity index (χ2n) is 5.17. The molecule has 0 N–H and O–H groups in total. The van der Waals surface area contributed by atoms with E-state index in [1.54, 1.807) is 11.3 Å². The summed E-state index contributed by atoms with van der Waals surface area (Å²) >= 11 is 1.60. The zero-order valence-corrected chi connectivity index (χ0v) is 13.6. The molecule has 0 amide bonds. The molecule has 1 atom stereocenters. The van der Waals surface area contributed by atoms with E-state index < -0.39 is 0 Å². The lowest BCUT2D eigenvalue weighted by atomic mass is 10.1. The summed E-state index contributed by atoms with van der Waals surface area (Å²) in [5.41, 5.74) is 0. The Balaban J connectivity index is 1.92. The number of ether oxygens (including phenoxy) is 2. The van der Waals surface area contributed by atoms with Gasteiger partial charge in [-0.25, -0.2) is 9.97 Å². The third-order valence-corrected chi connectivity index (χ3v) is 4.43. The predicted molar refractivity (Wildman–Crippen MR) is 85.4 cm³/mol. The van der Waals surface area contributed by atoms with E-state index in [0.29, 0.717) is 32.8 Å². The Morgan fingerprint density at radius 1 is 1.55 bits per heavy atom. The molecule has 7 heteroatoms. The monoisotopic (exact) mass is 321 g/mol. The highest BCUT2D eigenvalue weighted by Crippen LogP contribution is 2.30. The van der Waals surface area contributed by atoms with Crippen LogP contribution in [0, 0.1) is 6.92 Å². The number of carbonyl (C=O) groups is 1. The minimum absolute atomic E-state index is 0.0507. The van der Waals surface area contributed by atoms with Crippen molar-refractivity contribution < 1.29 is 14.3 Å². The van der Waals surface area contributed by atoms with Crippen LogP contribution in [-0.2, 0) is 14.3 Å². The summed E-state index contributed by atoms with van der Waals surface area (Å²) in [6, 6.07) is 1.98. The van der Waals surface area contributed by atoms with E-state index in [1.165, 1.54) is 0 Å². The molecule has 0 radical (unpaired) electrons. The van der Waals surface area contributed by atoms with Gasteiger partial charge in [-0.3, -0.25) is 4.79 Å². The SMILES string of the molecule is CCOC(=O)CC1COCCN1c1nc(C)nc2sccc12. The minimum Gasteiger partial charge on any atom is -0.466 e. The Hall–Kier alpha value is -1.73. The van der Waals surface area contributed by atoms with Gasteiger partial charge in [0.1, 0.15) is 16.5 Å². The molecule has 0 bridgehead atoms. The third kappa shape index (κ3) is 3.05. The summed E-state index contributed by atoms with van der Waals surface area (Å²) in [5.74, 6) is 1.43. The first kappa shape index (κ1) is 15.2. The fourth-order valence-corrected chi connectivity index (χ4v) is 3.48. The lowest BCUT2D eigenvalue weighted by molar-refractivity contribution is -0.144. The zero-order valence-electron chi connectivity index (χ0n) is 12.7.